The molecule has 7 heteroatoms. The van der Waals surface area contributed by atoms with Crippen LogP contribution in [0.3, 0.4) is 0 Å². The van der Waals surface area contributed by atoms with Gasteiger partial charge in [-0.2, -0.15) is 0 Å². The molecule has 2 rings (SSSR count). The summed E-state index contributed by atoms with van der Waals surface area (Å²) >= 11 is 0. The van der Waals surface area contributed by atoms with Gasteiger partial charge >= 0.3 is 0 Å². The second-order valence-corrected chi connectivity index (χ2v) is 5.84. The minimum Gasteiger partial charge on any atom is -0.366 e. The molecule has 2 unspecified atom stereocenters. The van der Waals surface area contributed by atoms with Crippen LogP contribution < -0.4 is 11.5 Å². The molecule has 120 valence electrons. The first kappa shape index (κ1) is 16.2. The van der Waals surface area contributed by atoms with Crippen LogP contribution in [0.1, 0.15) is 38.5 Å². The molecular formula is C14H26N4O3. The highest BCUT2D eigenvalue weighted by Gasteiger charge is 2.34. The molecule has 0 bridgehead atoms. The van der Waals surface area contributed by atoms with Crippen molar-refractivity contribution < 1.29 is 14.3 Å². The fourth-order valence-electron chi connectivity index (χ4n) is 3.09. The topological polar surface area (TPSA) is 102 Å². The first-order chi connectivity index (χ1) is 10.1. The van der Waals surface area contributed by atoms with Crippen LogP contribution in [0.5, 0.6) is 0 Å². The van der Waals surface area contributed by atoms with Crippen LogP contribution in [0.2, 0.25) is 0 Å². The van der Waals surface area contributed by atoms with Crippen LogP contribution in [0.15, 0.2) is 0 Å². The monoisotopic (exact) mass is 298 g/mol. The molecule has 2 fully saturated rings. The molecular weight excluding hydrogens is 272 g/mol. The predicted octanol–water partition coefficient (Wildman–Crippen LogP) is -0.402. The molecule has 0 aliphatic carbocycles. The van der Waals surface area contributed by atoms with Crippen LogP contribution in [0.25, 0.3) is 0 Å². The largest absolute Gasteiger partial charge is 0.366 e. The Morgan fingerprint density at radius 2 is 1.05 bits per heavy atom. The summed E-state index contributed by atoms with van der Waals surface area (Å²) in [6.07, 6.45) is 4.60. The van der Waals surface area contributed by atoms with E-state index in [0.717, 1.165) is 64.7 Å². The third-order valence-corrected chi connectivity index (χ3v) is 4.19. The Bertz CT molecular complexity index is 331. The van der Waals surface area contributed by atoms with Gasteiger partial charge in [-0.15, -0.1) is 0 Å². The third-order valence-electron chi connectivity index (χ3n) is 4.19. The van der Waals surface area contributed by atoms with E-state index >= 15 is 0 Å². The number of ether oxygens (including phenoxy) is 1. The van der Waals surface area contributed by atoms with Crippen molar-refractivity contribution >= 4 is 11.8 Å². The Hall–Kier alpha value is -1.18. The molecule has 2 saturated heterocycles. The van der Waals surface area contributed by atoms with Crippen molar-refractivity contribution in [3.63, 3.8) is 0 Å². The fraction of sp³-hybridized carbons (Fsp3) is 0.857. The molecule has 2 atom stereocenters. The van der Waals surface area contributed by atoms with Crippen molar-refractivity contribution in [1.29, 1.82) is 0 Å². The average Bonchev–Trinajstić information content (AvgIpc) is 2.49. The number of hydrogen-bond acceptors (Lipinski definition) is 5. The highest BCUT2D eigenvalue weighted by atomic mass is 16.5. The molecule has 0 aromatic rings. The number of hydrogen-bond donors (Lipinski definition) is 2. The lowest BCUT2D eigenvalue weighted by molar-refractivity contribution is -0.180. The molecule has 2 aliphatic rings. The van der Waals surface area contributed by atoms with E-state index in [4.69, 9.17) is 16.2 Å². The minimum absolute atomic E-state index is 0.555. The van der Waals surface area contributed by atoms with E-state index < -0.39 is 24.3 Å². The number of likely N-dealkylation sites (tertiary alicyclic amines) is 2. The lowest BCUT2D eigenvalue weighted by Gasteiger charge is -2.38. The van der Waals surface area contributed by atoms with E-state index in [2.05, 4.69) is 0 Å². The Morgan fingerprint density at radius 3 is 1.33 bits per heavy atom. The fourth-order valence-corrected chi connectivity index (χ4v) is 3.09. The molecule has 0 radical (unpaired) electrons. The lowest BCUT2D eigenvalue weighted by atomic mass is 10.1. The van der Waals surface area contributed by atoms with E-state index in [-0.39, 0.29) is 0 Å². The minimum atomic E-state index is -0.871. The highest BCUT2D eigenvalue weighted by Crippen LogP contribution is 2.18. The summed E-state index contributed by atoms with van der Waals surface area (Å²) in [6.45, 7) is 3.05. The maximum Gasteiger partial charge on any atom is 0.261 e. The number of nitrogens with two attached hydrogens (primary N) is 2. The Morgan fingerprint density at radius 1 is 0.714 bits per heavy atom. The van der Waals surface area contributed by atoms with Gasteiger partial charge < -0.3 is 16.2 Å². The van der Waals surface area contributed by atoms with Gasteiger partial charge in [0.15, 0.2) is 12.5 Å². The zero-order chi connectivity index (χ0) is 15.2. The SMILES string of the molecule is NC(=O)C(OC(C(N)=O)N1CCCCC1)N1CCCCC1. The van der Waals surface area contributed by atoms with Crippen LogP contribution in [-0.4, -0.2) is 60.2 Å². The standard InChI is InChI=1S/C14H26N4O3/c15-11(19)13(17-7-3-1-4-8-17)21-14(12(16)20)18-9-5-2-6-10-18/h13-14H,1-10H2,(H2,15,19)(H2,16,20). The Labute approximate surface area is 125 Å². The zero-order valence-electron chi connectivity index (χ0n) is 12.5. The van der Waals surface area contributed by atoms with Gasteiger partial charge in [0, 0.05) is 26.2 Å². The smallest absolute Gasteiger partial charge is 0.261 e. The highest BCUT2D eigenvalue weighted by molar-refractivity contribution is 5.81. The molecule has 0 aromatic carbocycles. The van der Waals surface area contributed by atoms with E-state index in [9.17, 15) is 9.59 Å². The molecule has 0 aromatic heterocycles. The Balaban J connectivity index is 2.04. The summed E-state index contributed by atoms with van der Waals surface area (Å²) < 4.78 is 5.76. The van der Waals surface area contributed by atoms with Gasteiger partial charge in [-0.3, -0.25) is 19.4 Å². The second kappa shape index (κ2) is 7.72. The lowest BCUT2D eigenvalue weighted by Crippen LogP contribution is -2.56. The molecule has 2 aliphatic heterocycles. The van der Waals surface area contributed by atoms with Gasteiger partial charge in [0.05, 0.1) is 0 Å². The van der Waals surface area contributed by atoms with Crippen LogP contribution in [0, 0.1) is 0 Å². The third kappa shape index (κ3) is 4.39. The van der Waals surface area contributed by atoms with Crippen molar-refractivity contribution in [2.45, 2.75) is 51.0 Å². The van der Waals surface area contributed by atoms with E-state index in [1.807, 2.05) is 9.80 Å². The van der Waals surface area contributed by atoms with Gasteiger partial charge in [-0.25, -0.2) is 0 Å². The molecule has 0 spiro atoms. The van der Waals surface area contributed by atoms with Gasteiger partial charge in [0.1, 0.15) is 0 Å². The van der Waals surface area contributed by atoms with Crippen LogP contribution in [-0.2, 0) is 14.3 Å². The number of carbonyl (C=O) groups excluding carboxylic acids is 2. The summed E-state index contributed by atoms with van der Waals surface area (Å²) in [5.41, 5.74) is 10.9. The summed E-state index contributed by atoms with van der Waals surface area (Å²) in [7, 11) is 0. The summed E-state index contributed by atoms with van der Waals surface area (Å²) in [5, 5.41) is 0. The maximum atomic E-state index is 11.7. The van der Waals surface area contributed by atoms with Crippen molar-refractivity contribution in [2.24, 2.45) is 11.5 Å². The van der Waals surface area contributed by atoms with Crippen molar-refractivity contribution in [3.05, 3.63) is 0 Å². The van der Waals surface area contributed by atoms with Crippen LogP contribution >= 0.6 is 0 Å². The summed E-state index contributed by atoms with van der Waals surface area (Å²) in [4.78, 5) is 27.3. The predicted molar refractivity (Wildman–Crippen MR) is 77.9 cm³/mol. The van der Waals surface area contributed by atoms with Crippen LogP contribution in [0.4, 0.5) is 0 Å². The van der Waals surface area contributed by atoms with Crippen molar-refractivity contribution in [1.82, 2.24) is 9.80 Å². The quantitative estimate of drug-likeness (QED) is 0.694. The Kier molecular flexibility index (Phi) is 5.96. The van der Waals surface area contributed by atoms with Gasteiger partial charge in [-0.1, -0.05) is 12.8 Å². The average molecular weight is 298 g/mol. The van der Waals surface area contributed by atoms with E-state index in [1.54, 1.807) is 0 Å². The first-order valence-electron chi connectivity index (χ1n) is 7.82. The first-order valence-corrected chi connectivity index (χ1v) is 7.82. The van der Waals surface area contributed by atoms with E-state index in [0.29, 0.717) is 0 Å². The summed E-state index contributed by atoms with van der Waals surface area (Å²) in [5.74, 6) is -1.11. The molecule has 2 heterocycles. The molecule has 0 saturated carbocycles. The number of amides is 2. The maximum absolute atomic E-state index is 11.7. The number of carbonyl (C=O) groups is 2. The summed E-state index contributed by atoms with van der Waals surface area (Å²) in [6, 6.07) is 0. The zero-order valence-corrected chi connectivity index (χ0v) is 12.5. The number of piperidine rings is 2. The number of nitrogens with zero attached hydrogens (tertiary/aromatic N) is 2. The molecule has 7 nitrogen and oxygen atoms in total. The van der Waals surface area contributed by atoms with Gasteiger partial charge in [0.25, 0.3) is 11.8 Å². The van der Waals surface area contributed by atoms with Crippen molar-refractivity contribution in [3.8, 4) is 0 Å². The van der Waals surface area contributed by atoms with Gasteiger partial charge in [0.2, 0.25) is 0 Å². The molecule has 4 N–H and O–H groups in total. The van der Waals surface area contributed by atoms with Gasteiger partial charge in [-0.05, 0) is 25.7 Å². The normalized spacial score (nSPS) is 24.4. The molecule has 2 amide bonds. The number of primary amides is 2. The second-order valence-electron chi connectivity index (χ2n) is 5.84. The number of rotatable bonds is 6. The van der Waals surface area contributed by atoms with Crippen molar-refractivity contribution in [2.75, 3.05) is 26.2 Å². The molecule has 21 heavy (non-hydrogen) atoms. The van der Waals surface area contributed by atoms with E-state index in [1.165, 1.54) is 0 Å².